The number of aromatic amines is 1. The highest BCUT2D eigenvalue weighted by atomic mass is 19.1. The van der Waals surface area contributed by atoms with Gasteiger partial charge < -0.3 is 15.3 Å². The highest BCUT2D eigenvalue weighted by Gasteiger charge is 2.18. The Bertz CT molecular complexity index is 572. The number of nitrogens with one attached hydrogen (secondary N) is 2. The van der Waals surface area contributed by atoms with Gasteiger partial charge in [0.05, 0.1) is 5.56 Å². The summed E-state index contributed by atoms with van der Waals surface area (Å²) in [6, 6.07) is 4.16. The van der Waals surface area contributed by atoms with Gasteiger partial charge in [0.2, 0.25) is 5.95 Å². The van der Waals surface area contributed by atoms with Crippen LogP contribution in [-0.4, -0.2) is 46.5 Å². The standard InChI is InChI=1S/C13H16FN5O/c14-9-3-1-4-10(20)11(9)12-16-13(18-17-12)19-7-2-5-15-6-8-19/h1,3-4,15,20H,2,5-8H2,(H,16,17,18). The van der Waals surface area contributed by atoms with Crippen LogP contribution in [-0.2, 0) is 0 Å². The molecule has 6 nitrogen and oxygen atoms in total. The normalized spacial score (nSPS) is 16.1. The molecule has 0 aliphatic carbocycles. The maximum atomic E-state index is 13.8. The van der Waals surface area contributed by atoms with Crippen molar-refractivity contribution in [3.05, 3.63) is 24.0 Å². The summed E-state index contributed by atoms with van der Waals surface area (Å²) in [4.78, 5) is 6.34. The van der Waals surface area contributed by atoms with E-state index >= 15 is 0 Å². The van der Waals surface area contributed by atoms with Crippen LogP contribution in [0.3, 0.4) is 0 Å². The fourth-order valence-corrected chi connectivity index (χ4v) is 2.30. The largest absolute Gasteiger partial charge is 0.507 e. The number of benzene rings is 1. The zero-order valence-corrected chi connectivity index (χ0v) is 10.9. The number of nitrogens with zero attached hydrogens (tertiary/aromatic N) is 3. The van der Waals surface area contributed by atoms with E-state index in [0.717, 1.165) is 32.6 Å². The van der Waals surface area contributed by atoms with Crippen molar-refractivity contribution in [2.45, 2.75) is 6.42 Å². The molecule has 1 saturated heterocycles. The van der Waals surface area contributed by atoms with Gasteiger partial charge in [-0.2, -0.15) is 4.98 Å². The molecule has 106 valence electrons. The van der Waals surface area contributed by atoms with E-state index < -0.39 is 5.82 Å². The summed E-state index contributed by atoms with van der Waals surface area (Å²) < 4.78 is 13.8. The Balaban J connectivity index is 1.90. The summed E-state index contributed by atoms with van der Waals surface area (Å²) in [5.41, 5.74) is 0.0548. The fraction of sp³-hybridized carbons (Fsp3) is 0.385. The van der Waals surface area contributed by atoms with Crippen molar-refractivity contribution in [2.75, 3.05) is 31.1 Å². The van der Waals surface area contributed by atoms with Crippen LogP contribution in [0.2, 0.25) is 0 Å². The van der Waals surface area contributed by atoms with Crippen LogP contribution in [0.1, 0.15) is 6.42 Å². The molecule has 3 N–H and O–H groups in total. The second kappa shape index (κ2) is 5.46. The average Bonchev–Trinajstić information content (AvgIpc) is 2.74. The summed E-state index contributed by atoms with van der Waals surface area (Å²) in [5, 5.41) is 19.9. The van der Waals surface area contributed by atoms with E-state index in [9.17, 15) is 9.50 Å². The Labute approximate surface area is 115 Å². The molecule has 2 heterocycles. The fourth-order valence-electron chi connectivity index (χ4n) is 2.30. The number of phenols is 1. The topological polar surface area (TPSA) is 77.1 Å². The summed E-state index contributed by atoms with van der Waals surface area (Å²) in [7, 11) is 0. The van der Waals surface area contributed by atoms with Crippen molar-refractivity contribution in [2.24, 2.45) is 0 Å². The van der Waals surface area contributed by atoms with Gasteiger partial charge in [-0.05, 0) is 25.1 Å². The molecule has 1 aliphatic rings. The van der Waals surface area contributed by atoms with Gasteiger partial charge in [-0.25, -0.2) is 4.39 Å². The van der Waals surface area contributed by atoms with Crippen molar-refractivity contribution in [3.63, 3.8) is 0 Å². The number of hydrogen-bond donors (Lipinski definition) is 3. The molecular formula is C13H16FN5O. The number of H-pyrrole nitrogens is 1. The van der Waals surface area contributed by atoms with Crippen LogP contribution in [0.5, 0.6) is 5.75 Å². The van der Waals surface area contributed by atoms with Crippen LogP contribution in [0, 0.1) is 5.82 Å². The summed E-state index contributed by atoms with van der Waals surface area (Å²) in [5.74, 6) is 0.106. The molecule has 0 saturated carbocycles. The van der Waals surface area contributed by atoms with Crippen LogP contribution in [0.15, 0.2) is 18.2 Å². The van der Waals surface area contributed by atoms with Gasteiger partial charge in [-0.15, -0.1) is 5.10 Å². The minimum Gasteiger partial charge on any atom is -0.507 e. The van der Waals surface area contributed by atoms with Crippen molar-refractivity contribution >= 4 is 5.95 Å². The SMILES string of the molecule is Oc1cccc(F)c1-c1nc(N2CCCNCC2)n[nH]1. The molecule has 0 atom stereocenters. The van der Waals surface area contributed by atoms with Crippen molar-refractivity contribution < 1.29 is 9.50 Å². The molecule has 20 heavy (non-hydrogen) atoms. The van der Waals surface area contributed by atoms with Crippen LogP contribution in [0.25, 0.3) is 11.4 Å². The third-order valence-electron chi connectivity index (χ3n) is 3.32. The maximum Gasteiger partial charge on any atom is 0.245 e. The number of anilines is 1. The molecule has 1 fully saturated rings. The molecule has 0 unspecified atom stereocenters. The number of halogens is 1. The Kier molecular flexibility index (Phi) is 3.51. The highest BCUT2D eigenvalue weighted by Crippen LogP contribution is 2.29. The number of aromatic nitrogens is 3. The first-order chi connectivity index (χ1) is 9.75. The highest BCUT2D eigenvalue weighted by molar-refractivity contribution is 5.65. The van der Waals surface area contributed by atoms with Gasteiger partial charge in [-0.3, -0.25) is 5.10 Å². The maximum absolute atomic E-state index is 13.8. The molecule has 3 rings (SSSR count). The lowest BCUT2D eigenvalue weighted by atomic mass is 10.2. The first-order valence-corrected chi connectivity index (χ1v) is 6.61. The molecule has 7 heteroatoms. The molecule has 0 radical (unpaired) electrons. The van der Waals surface area contributed by atoms with E-state index in [2.05, 4.69) is 20.5 Å². The smallest absolute Gasteiger partial charge is 0.245 e. The Morgan fingerprint density at radius 3 is 3.00 bits per heavy atom. The van der Waals surface area contributed by atoms with E-state index in [1.807, 2.05) is 4.90 Å². The van der Waals surface area contributed by atoms with Crippen molar-refractivity contribution in [3.8, 4) is 17.1 Å². The Morgan fingerprint density at radius 1 is 1.25 bits per heavy atom. The van der Waals surface area contributed by atoms with Gasteiger partial charge in [0, 0.05) is 19.6 Å². The molecule has 0 bridgehead atoms. The molecule has 0 spiro atoms. The van der Waals surface area contributed by atoms with Gasteiger partial charge >= 0.3 is 0 Å². The third kappa shape index (κ3) is 2.44. The predicted molar refractivity (Wildman–Crippen MR) is 73.1 cm³/mol. The summed E-state index contributed by atoms with van der Waals surface area (Å²) in [6.45, 7) is 3.50. The zero-order valence-electron chi connectivity index (χ0n) is 10.9. The summed E-state index contributed by atoms with van der Waals surface area (Å²) >= 11 is 0. The number of aromatic hydroxyl groups is 1. The molecular weight excluding hydrogens is 261 g/mol. The Hall–Kier alpha value is -2.15. The lowest BCUT2D eigenvalue weighted by Crippen LogP contribution is -2.28. The number of phenolic OH excluding ortho intramolecular Hbond substituents is 1. The van der Waals surface area contributed by atoms with E-state index in [0.29, 0.717) is 5.95 Å². The van der Waals surface area contributed by atoms with E-state index in [1.165, 1.54) is 18.2 Å². The quantitative estimate of drug-likeness (QED) is 0.766. The minimum atomic E-state index is -0.523. The van der Waals surface area contributed by atoms with Crippen LogP contribution in [0.4, 0.5) is 10.3 Å². The van der Waals surface area contributed by atoms with Crippen molar-refractivity contribution in [1.82, 2.24) is 20.5 Å². The van der Waals surface area contributed by atoms with Crippen LogP contribution < -0.4 is 10.2 Å². The van der Waals surface area contributed by atoms with E-state index in [4.69, 9.17) is 0 Å². The molecule has 2 aromatic rings. The molecule has 1 aromatic heterocycles. The second-order valence-corrected chi connectivity index (χ2v) is 4.71. The average molecular weight is 277 g/mol. The van der Waals surface area contributed by atoms with Crippen LogP contribution >= 0.6 is 0 Å². The van der Waals surface area contributed by atoms with E-state index in [-0.39, 0.29) is 17.1 Å². The van der Waals surface area contributed by atoms with E-state index in [1.54, 1.807) is 0 Å². The van der Waals surface area contributed by atoms with Gasteiger partial charge in [0.25, 0.3) is 0 Å². The number of rotatable bonds is 2. The molecule has 1 aliphatic heterocycles. The lowest BCUT2D eigenvalue weighted by Gasteiger charge is -2.16. The van der Waals surface area contributed by atoms with Gasteiger partial charge in [-0.1, -0.05) is 6.07 Å². The van der Waals surface area contributed by atoms with Gasteiger partial charge in [0.1, 0.15) is 11.6 Å². The predicted octanol–water partition coefficient (Wildman–Crippen LogP) is 1.12. The lowest BCUT2D eigenvalue weighted by molar-refractivity contribution is 0.471. The second-order valence-electron chi connectivity index (χ2n) is 4.71. The van der Waals surface area contributed by atoms with Crippen molar-refractivity contribution in [1.29, 1.82) is 0 Å². The molecule has 1 aromatic carbocycles. The monoisotopic (exact) mass is 277 g/mol. The minimum absolute atomic E-state index is 0.0548. The summed E-state index contributed by atoms with van der Waals surface area (Å²) in [6.07, 6.45) is 1.01. The Morgan fingerprint density at radius 2 is 2.15 bits per heavy atom. The first kappa shape index (κ1) is 12.9. The molecule has 0 amide bonds. The first-order valence-electron chi connectivity index (χ1n) is 6.61. The van der Waals surface area contributed by atoms with Gasteiger partial charge in [0.15, 0.2) is 5.82 Å². The number of hydrogen-bond acceptors (Lipinski definition) is 5. The third-order valence-corrected chi connectivity index (χ3v) is 3.32. The zero-order chi connectivity index (χ0) is 13.9.